The Kier molecular flexibility index (Phi) is 5.73. The van der Waals surface area contributed by atoms with Gasteiger partial charge in [0.25, 0.3) is 5.91 Å². The number of carbonyl (C=O) groups excluding carboxylic acids is 1. The fourth-order valence-electron chi connectivity index (χ4n) is 3.45. The van der Waals surface area contributed by atoms with Gasteiger partial charge in [-0.3, -0.25) is 4.79 Å². The molecule has 0 aromatic heterocycles. The molecular weight excluding hydrogens is 405 g/mol. The van der Waals surface area contributed by atoms with Crippen molar-refractivity contribution in [3.8, 4) is 0 Å². The monoisotopic (exact) mass is 426 g/mol. The molecule has 2 aromatic rings. The van der Waals surface area contributed by atoms with Crippen molar-refractivity contribution in [2.45, 2.75) is 24.9 Å². The van der Waals surface area contributed by atoms with Crippen molar-refractivity contribution >= 4 is 15.9 Å². The van der Waals surface area contributed by atoms with Gasteiger partial charge in [-0.15, -0.1) is 0 Å². The third-order valence-electron chi connectivity index (χ3n) is 4.94. The lowest BCUT2D eigenvalue weighted by Crippen LogP contribution is -2.50. The van der Waals surface area contributed by atoms with Crippen LogP contribution in [0, 0.1) is 13.8 Å². The van der Waals surface area contributed by atoms with Crippen molar-refractivity contribution in [1.29, 1.82) is 0 Å². The summed E-state index contributed by atoms with van der Waals surface area (Å²) in [6.07, 6.45) is -4.64. The van der Waals surface area contributed by atoms with E-state index in [0.29, 0.717) is 5.56 Å². The number of nitrogens with zero attached hydrogens (tertiary/aromatic N) is 2. The number of hydrogen-bond acceptors (Lipinski definition) is 3. The Morgan fingerprint density at radius 2 is 1.59 bits per heavy atom. The summed E-state index contributed by atoms with van der Waals surface area (Å²) in [6, 6.07) is 9.67. The van der Waals surface area contributed by atoms with Gasteiger partial charge in [0.2, 0.25) is 10.0 Å². The first-order valence-corrected chi connectivity index (χ1v) is 10.5. The molecule has 0 N–H and O–H groups in total. The number of halogens is 3. The van der Waals surface area contributed by atoms with Gasteiger partial charge in [-0.25, -0.2) is 8.42 Å². The van der Waals surface area contributed by atoms with Crippen molar-refractivity contribution in [3.63, 3.8) is 0 Å². The summed E-state index contributed by atoms with van der Waals surface area (Å²) in [4.78, 5) is 14.1. The first kappa shape index (κ1) is 21.3. The van der Waals surface area contributed by atoms with Crippen molar-refractivity contribution in [2.24, 2.45) is 0 Å². The molecular formula is C20H21F3N2O3S. The molecule has 1 saturated heterocycles. The molecule has 0 spiro atoms. The lowest BCUT2D eigenvalue weighted by molar-refractivity contribution is -0.138. The highest BCUT2D eigenvalue weighted by Gasteiger charge is 2.37. The van der Waals surface area contributed by atoms with Crippen LogP contribution in [-0.4, -0.2) is 49.7 Å². The Morgan fingerprint density at radius 3 is 2.17 bits per heavy atom. The van der Waals surface area contributed by atoms with E-state index >= 15 is 0 Å². The van der Waals surface area contributed by atoms with Crippen molar-refractivity contribution < 1.29 is 26.4 Å². The van der Waals surface area contributed by atoms with Gasteiger partial charge in [0.1, 0.15) is 0 Å². The highest BCUT2D eigenvalue weighted by Crippen LogP contribution is 2.32. The minimum atomic E-state index is -4.64. The van der Waals surface area contributed by atoms with Crippen LogP contribution in [0.5, 0.6) is 0 Å². The molecule has 0 radical (unpaired) electrons. The lowest BCUT2D eigenvalue weighted by Gasteiger charge is -2.34. The van der Waals surface area contributed by atoms with Crippen LogP contribution < -0.4 is 0 Å². The van der Waals surface area contributed by atoms with E-state index in [1.807, 2.05) is 6.92 Å². The smallest absolute Gasteiger partial charge is 0.336 e. The van der Waals surface area contributed by atoms with E-state index in [9.17, 15) is 26.4 Å². The van der Waals surface area contributed by atoms with Gasteiger partial charge in [0, 0.05) is 26.2 Å². The third-order valence-corrected chi connectivity index (χ3v) is 7.00. The van der Waals surface area contributed by atoms with E-state index in [-0.39, 0.29) is 31.1 Å². The van der Waals surface area contributed by atoms with Crippen LogP contribution in [0.1, 0.15) is 27.0 Å². The van der Waals surface area contributed by atoms with Crippen LogP contribution in [0.3, 0.4) is 0 Å². The second-order valence-corrected chi connectivity index (χ2v) is 8.91. The van der Waals surface area contributed by atoms with Crippen LogP contribution >= 0.6 is 0 Å². The fraction of sp³-hybridized carbons (Fsp3) is 0.350. The second kappa shape index (κ2) is 7.79. The van der Waals surface area contributed by atoms with E-state index in [4.69, 9.17) is 0 Å². The first-order valence-electron chi connectivity index (χ1n) is 9.05. The average molecular weight is 426 g/mol. The highest BCUT2D eigenvalue weighted by atomic mass is 32.2. The quantitative estimate of drug-likeness (QED) is 0.755. The Balaban J connectivity index is 1.77. The Labute approximate surface area is 167 Å². The first-order chi connectivity index (χ1) is 13.5. The van der Waals surface area contributed by atoms with Gasteiger partial charge >= 0.3 is 6.18 Å². The predicted octanol–water partition coefficient (Wildman–Crippen LogP) is 3.47. The summed E-state index contributed by atoms with van der Waals surface area (Å²) in [6.45, 7) is 3.68. The summed E-state index contributed by atoms with van der Waals surface area (Å²) in [5, 5.41) is 0. The number of sulfonamides is 1. The summed E-state index contributed by atoms with van der Waals surface area (Å²) >= 11 is 0. The number of rotatable bonds is 3. The molecule has 2 aromatic carbocycles. The summed E-state index contributed by atoms with van der Waals surface area (Å²) < 4.78 is 66.7. The Hall–Kier alpha value is -2.39. The molecule has 1 aliphatic rings. The lowest BCUT2D eigenvalue weighted by atomic mass is 10.1. The number of piperazine rings is 1. The van der Waals surface area contributed by atoms with Crippen LogP contribution in [0.15, 0.2) is 47.4 Å². The minimum Gasteiger partial charge on any atom is -0.336 e. The number of alkyl halides is 3. The maximum atomic E-state index is 13.2. The van der Waals surface area contributed by atoms with Crippen LogP contribution in [0.4, 0.5) is 13.2 Å². The molecule has 3 rings (SSSR count). The van der Waals surface area contributed by atoms with Crippen LogP contribution in [-0.2, 0) is 16.2 Å². The molecule has 5 nitrogen and oxygen atoms in total. The standard InChI is InChI=1S/C20H21F3N2O3S/c1-14-7-8-18(15(2)13-14)29(27,28)25-11-9-24(10-12-25)19(26)16-5-3-4-6-17(16)20(21,22)23/h3-8,13H,9-12H2,1-2H3. The van der Waals surface area contributed by atoms with Gasteiger partial charge in [-0.2, -0.15) is 17.5 Å². The van der Waals surface area contributed by atoms with Gasteiger partial charge in [0.05, 0.1) is 16.0 Å². The van der Waals surface area contributed by atoms with Crippen molar-refractivity contribution in [2.75, 3.05) is 26.2 Å². The van der Waals surface area contributed by atoms with Gasteiger partial charge < -0.3 is 4.90 Å². The average Bonchev–Trinajstić information content (AvgIpc) is 2.66. The highest BCUT2D eigenvalue weighted by molar-refractivity contribution is 7.89. The molecule has 1 heterocycles. The van der Waals surface area contributed by atoms with Crippen molar-refractivity contribution in [1.82, 2.24) is 9.21 Å². The van der Waals surface area contributed by atoms with E-state index in [1.54, 1.807) is 25.1 Å². The Morgan fingerprint density at radius 1 is 0.966 bits per heavy atom. The summed E-state index contributed by atoms with van der Waals surface area (Å²) in [5.41, 5.74) is 0.156. The van der Waals surface area contributed by atoms with Crippen molar-refractivity contribution in [3.05, 3.63) is 64.7 Å². The van der Waals surface area contributed by atoms with Gasteiger partial charge in [-0.1, -0.05) is 29.8 Å². The second-order valence-electron chi connectivity index (χ2n) is 7.01. The molecule has 1 aliphatic heterocycles. The maximum absolute atomic E-state index is 13.2. The van der Waals surface area contributed by atoms with Gasteiger partial charge in [-0.05, 0) is 37.6 Å². The molecule has 0 saturated carbocycles. The minimum absolute atomic E-state index is 0.0230. The predicted molar refractivity (Wildman–Crippen MR) is 102 cm³/mol. The molecule has 29 heavy (non-hydrogen) atoms. The molecule has 0 atom stereocenters. The fourth-order valence-corrected chi connectivity index (χ4v) is 5.07. The molecule has 0 unspecified atom stereocenters. The normalized spacial score (nSPS) is 16.1. The molecule has 1 amide bonds. The number of hydrogen-bond donors (Lipinski definition) is 0. The van der Waals surface area contributed by atoms with E-state index in [2.05, 4.69) is 0 Å². The number of carbonyl (C=O) groups is 1. The van der Waals surface area contributed by atoms with Crippen LogP contribution in [0.25, 0.3) is 0 Å². The molecule has 156 valence electrons. The molecule has 0 aliphatic carbocycles. The zero-order valence-electron chi connectivity index (χ0n) is 16.0. The van der Waals surface area contributed by atoms with Gasteiger partial charge in [0.15, 0.2) is 0 Å². The summed E-state index contributed by atoms with van der Waals surface area (Å²) in [7, 11) is -3.74. The third kappa shape index (κ3) is 4.30. The van der Waals surface area contributed by atoms with E-state index < -0.39 is 33.2 Å². The molecule has 9 heteroatoms. The van der Waals surface area contributed by atoms with E-state index in [0.717, 1.165) is 17.7 Å². The molecule has 1 fully saturated rings. The maximum Gasteiger partial charge on any atom is 0.417 e. The SMILES string of the molecule is Cc1ccc(S(=O)(=O)N2CCN(C(=O)c3ccccc3C(F)(F)F)CC2)c(C)c1. The number of aryl methyl sites for hydroxylation is 2. The summed E-state index contributed by atoms with van der Waals surface area (Å²) in [5.74, 6) is -0.749. The Bertz CT molecular complexity index is 1030. The molecule has 0 bridgehead atoms. The zero-order chi connectivity index (χ0) is 21.4. The topological polar surface area (TPSA) is 57.7 Å². The number of amides is 1. The van der Waals surface area contributed by atoms with Crippen LogP contribution in [0.2, 0.25) is 0 Å². The zero-order valence-corrected chi connectivity index (χ0v) is 16.8. The number of benzene rings is 2. The van der Waals surface area contributed by atoms with E-state index in [1.165, 1.54) is 21.3 Å². The largest absolute Gasteiger partial charge is 0.417 e.